The molecule has 1 heterocycles. The van der Waals surface area contributed by atoms with Crippen molar-refractivity contribution in [2.24, 2.45) is 0 Å². The van der Waals surface area contributed by atoms with Gasteiger partial charge in [-0.3, -0.25) is 9.59 Å². The molecule has 4 rings (SSSR count). The van der Waals surface area contributed by atoms with Crippen LogP contribution in [0.4, 0.5) is 11.4 Å². The van der Waals surface area contributed by atoms with Crippen LogP contribution in [0.2, 0.25) is 0 Å². The Balaban J connectivity index is 1.59. The van der Waals surface area contributed by atoms with Crippen molar-refractivity contribution >= 4 is 23.2 Å². The van der Waals surface area contributed by atoms with Gasteiger partial charge in [-0.2, -0.15) is 0 Å². The third-order valence-corrected chi connectivity index (χ3v) is 5.22. The van der Waals surface area contributed by atoms with Gasteiger partial charge in [0.05, 0.1) is 26.5 Å². The lowest BCUT2D eigenvalue weighted by Crippen LogP contribution is -2.44. The van der Waals surface area contributed by atoms with Crippen molar-refractivity contribution in [1.29, 1.82) is 0 Å². The van der Waals surface area contributed by atoms with Crippen molar-refractivity contribution in [1.82, 2.24) is 0 Å². The Morgan fingerprint density at radius 1 is 1.00 bits per heavy atom. The van der Waals surface area contributed by atoms with E-state index >= 15 is 0 Å². The molecule has 32 heavy (non-hydrogen) atoms. The Bertz CT molecular complexity index is 1120. The van der Waals surface area contributed by atoms with Crippen molar-refractivity contribution in [3.8, 4) is 17.2 Å². The summed E-state index contributed by atoms with van der Waals surface area (Å²) >= 11 is 0. The molecular weight excluding hydrogens is 408 g/mol. The fourth-order valence-electron chi connectivity index (χ4n) is 3.56. The zero-order valence-electron chi connectivity index (χ0n) is 18.1. The van der Waals surface area contributed by atoms with Gasteiger partial charge >= 0.3 is 0 Å². The molecule has 7 nitrogen and oxygen atoms in total. The number of benzene rings is 3. The molecule has 2 amide bonds. The molecule has 1 N–H and O–H groups in total. The molecule has 164 valence electrons. The minimum Gasteiger partial charge on any atom is -0.497 e. The smallest absolute Gasteiger partial charge is 0.268 e. The largest absolute Gasteiger partial charge is 0.497 e. The zero-order valence-corrected chi connectivity index (χ0v) is 18.1. The van der Waals surface area contributed by atoms with Crippen LogP contribution in [-0.2, 0) is 11.3 Å². The summed E-state index contributed by atoms with van der Waals surface area (Å²) in [4.78, 5) is 27.3. The number of nitrogens with one attached hydrogen (secondary N) is 1. The monoisotopic (exact) mass is 432 g/mol. The number of amides is 2. The van der Waals surface area contributed by atoms with E-state index in [9.17, 15) is 9.59 Å². The number of nitrogens with zero attached hydrogens (tertiary/aromatic N) is 1. The van der Waals surface area contributed by atoms with Gasteiger partial charge < -0.3 is 24.4 Å². The van der Waals surface area contributed by atoms with Crippen LogP contribution in [0.3, 0.4) is 0 Å². The van der Waals surface area contributed by atoms with Gasteiger partial charge in [0.15, 0.2) is 6.10 Å². The molecule has 0 radical (unpaired) electrons. The Kier molecular flexibility index (Phi) is 5.98. The average Bonchev–Trinajstić information content (AvgIpc) is 2.82. The van der Waals surface area contributed by atoms with E-state index in [1.165, 1.54) is 14.2 Å². The highest BCUT2D eigenvalue weighted by Crippen LogP contribution is 2.37. The van der Waals surface area contributed by atoms with Crippen LogP contribution in [0.25, 0.3) is 0 Å². The molecule has 7 heteroatoms. The first-order valence-electron chi connectivity index (χ1n) is 10.2. The second-order valence-corrected chi connectivity index (χ2v) is 7.41. The highest BCUT2D eigenvalue weighted by atomic mass is 16.5. The van der Waals surface area contributed by atoms with Crippen LogP contribution < -0.4 is 24.4 Å². The lowest BCUT2D eigenvalue weighted by Gasteiger charge is -2.33. The molecule has 0 aliphatic carbocycles. The molecule has 0 saturated carbocycles. The second-order valence-electron chi connectivity index (χ2n) is 7.41. The number of fused-ring (bicyclic) bond motifs is 1. The summed E-state index contributed by atoms with van der Waals surface area (Å²) in [7, 11) is 3.06. The van der Waals surface area contributed by atoms with Crippen molar-refractivity contribution in [2.75, 3.05) is 24.4 Å². The standard InChI is InChI=1S/C25H24N2O5/c1-16-25(29)27(15-17-7-5-4-6-8-17)22-10-9-19(13-23(22)32-16)26-24(28)18-11-20(30-2)14-21(12-18)31-3/h4-14,16H,15H2,1-3H3,(H,26,28). The predicted molar refractivity (Wildman–Crippen MR) is 122 cm³/mol. The van der Waals surface area contributed by atoms with E-state index in [1.807, 2.05) is 30.3 Å². The molecule has 1 aliphatic heterocycles. The quantitative estimate of drug-likeness (QED) is 0.630. The zero-order chi connectivity index (χ0) is 22.7. The summed E-state index contributed by atoms with van der Waals surface area (Å²) in [6, 6.07) is 20.0. The Labute approximate surface area is 186 Å². The molecule has 0 aromatic heterocycles. The Hall–Kier alpha value is -4.00. The molecule has 1 aliphatic rings. The van der Waals surface area contributed by atoms with E-state index < -0.39 is 6.10 Å². The fourth-order valence-corrected chi connectivity index (χ4v) is 3.56. The number of anilines is 2. The van der Waals surface area contributed by atoms with Crippen molar-refractivity contribution in [3.63, 3.8) is 0 Å². The lowest BCUT2D eigenvalue weighted by molar-refractivity contribution is -0.125. The van der Waals surface area contributed by atoms with Crippen LogP contribution in [0.1, 0.15) is 22.8 Å². The number of rotatable bonds is 6. The number of carbonyl (C=O) groups excluding carboxylic acids is 2. The Morgan fingerprint density at radius 3 is 2.34 bits per heavy atom. The Morgan fingerprint density at radius 2 is 1.69 bits per heavy atom. The highest BCUT2D eigenvalue weighted by Gasteiger charge is 2.31. The summed E-state index contributed by atoms with van der Waals surface area (Å²) in [5, 5.41) is 2.87. The van der Waals surface area contributed by atoms with E-state index in [4.69, 9.17) is 14.2 Å². The first kappa shape index (κ1) is 21.2. The summed E-state index contributed by atoms with van der Waals surface area (Å²) in [6.07, 6.45) is -0.625. The maximum atomic E-state index is 12.8. The third kappa shape index (κ3) is 4.37. The van der Waals surface area contributed by atoms with Crippen LogP contribution in [0.5, 0.6) is 17.2 Å². The average molecular weight is 432 g/mol. The van der Waals surface area contributed by atoms with Gasteiger partial charge in [-0.25, -0.2) is 0 Å². The fraction of sp³-hybridized carbons (Fsp3) is 0.200. The molecule has 0 fully saturated rings. The van der Waals surface area contributed by atoms with Gasteiger partial charge in [0.1, 0.15) is 17.2 Å². The molecule has 3 aromatic carbocycles. The summed E-state index contributed by atoms with van der Waals surface area (Å²) in [6.45, 7) is 2.16. The molecule has 0 spiro atoms. The minimum absolute atomic E-state index is 0.110. The van der Waals surface area contributed by atoms with Gasteiger partial charge in [-0.05, 0) is 36.8 Å². The summed E-state index contributed by atoms with van der Waals surface area (Å²) in [5.41, 5.74) is 2.63. The maximum Gasteiger partial charge on any atom is 0.268 e. The van der Waals surface area contributed by atoms with E-state index in [0.29, 0.717) is 40.7 Å². The van der Waals surface area contributed by atoms with E-state index in [1.54, 1.807) is 48.2 Å². The maximum absolute atomic E-state index is 12.8. The predicted octanol–water partition coefficient (Wildman–Crippen LogP) is 4.27. The van der Waals surface area contributed by atoms with Gasteiger partial charge in [0.25, 0.3) is 11.8 Å². The van der Waals surface area contributed by atoms with Gasteiger partial charge in [0, 0.05) is 23.4 Å². The first-order valence-corrected chi connectivity index (χ1v) is 10.2. The van der Waals surface area contributed by atoms with Crippen molar-refractivity contribution in [3.05, 3.63) is 77.9 Å². The normalized spacial score (nSPS) is 14.9. The number of carbonyl (C=O) groups is 2. The van der Waals surface area contributed by atoms with E-state index in [0.717, 1.165) is 5.56 Å². The van der Waals surface area contributed by atoms with Crippen molar-refractivity contribution in [2.45, 2.75) is 19.6 Å². The molecule has 1 unspecified atom stereocenters. The van der Waals surface area contributed by atoms with Gasteiger partial charge in [-0.1, -0.05) is 30.3 Å². The SMILES string of the molecule is COc1cc(OC)cc(C(=O)Nc2ccc3c(c2)OC(C)C(=O)N3Cc2ccccc2)c1. The van der Waals surface area contributed by atoms with Gasteiger partial charge in [0.2, 0.25) is 0 Å². The minimum atomic E-state index is -0.625. The number of methoxy groups -OCH3 is 2. The molecule has 1 atom stereocenters. The molecule has 0 saturated heterocycles. The van der Waals surface area contributed by atoms with E-state index in [2.05, 4.69) is 5.32 Å². The topological polar surface area (TPSA) is 77.1 Å². The third-order valence-electron chi connectivity index (χ3n) is 5.22. The summed E-state index contributed by atoms with van der Waals surface area (Å²) in [5.74, 6) is 1.15. The summed E-state index contributed by atoms with van der Waals surface area (Å²) < 4.78 is 16.3. The lowest BCUT2D eigenvalue weighted by atomic mass is 10.1. The molecule has 3 aromatic rings. The highest BCUT2D eigenvalue weighted by molar-refractivity contribution is 6.05. The molecule has 0 bridgehead atoms. The van der Waals surface area contributed by atoms with Crippen LogP contribution >= 0.6 is 0 Å². The second kappa shape index (κ2) is 9.01. The number of hydrogen-bond acceptors (Lipinski definition) is 5. The number of hydrogen-bond donors (Lipinski definition) is 1. The number of ether oxygens (including phenoxy) is 3. The van der Waals surface area contributed by atoms with Crippen LogP contribution in [0, 0.1) is 0 Å². The first-order chi connectivity index (χ1) is 15.5. The van der Waals surface area contributed by atoms with Crippen molar-refractivity contribution < 1.29 is 23.8 Å². The molecular formula is C25H24N2O5. The van der Waals surface area contributed by atoms with Crippen LogP contribution in [-0.4, -0.2) is 32.1 Å². The van der Waals surface area contributed by atoms with Crippen LogP contribution in [0.15, 0.2) is 66.7 Å². The van der Waals surface area contributed by atoms with Gasteiger partial charge in [-0.15, -0.1) is 0 Å². The van der Waals surface area contributed by atoms with E-state index in [-0.39, 0.29) is 11.8 Å².